The number of hydrogen-bond donors (Lipinski definition) is 0. The van der Waals surface area contributed by atoms with Gasteiger partial charge in [0.05, 0.1) is 36.1 Å². The molecule has 3 heterocycles. The van der Waals surface area contributed by atoms with Crippen LogP contribution in [0.5, 0.6) is 0 Å². The zero-order valence-electron chi connectivity index (χ0n) is 21.6. The second-order valence-electron chi connectivity index (χ2n) is 10.2. The molecule has 8 heteroatoms. The molecule has 3 fully saturated rings. The molecule has 0 aliphatic carbocycles. The Balaban J connectivity index is 1.79. The molecule has 3 rings (SSSR count). The summed E-state index contributed by atoms with van der Waals surface area (Å²) in [5.74, 6) is -0.636. The van der Waals surface area contributed by atoms with Crippen LogP contribution in [-0.4, -0.2) is 73.5 Å². The van der Waals surface area contributed by atoms with Gasteiger partial charge in [-0.1, -0.05) is 19.1 Å². The van der Waals surface area contributed by atoms with E-state index in [2.05, 4.69) is 20.1 Å². The molecular weight excluding hydrogens is 452 g/mol. The Labute approximate surface area is 209 Å². The monoisotopic (exact) mass is 494 g/mol. The number of ether oxygens (including phenoxy) is 6. The summed E-state index contributed by atoms with van der Waals surface area (Å²) in [6.07, 6.45) is 6.28. The highest BCUT2D eigenvalue weighted by Gasteiger charge is 2.52. The zero-order valence-corrected chi connectivity index (χ0v) is 21.6. The first-order valence-electron chi connectivity index (χ1n) is 12.8. The van der Waals surface area contributed by atoms with Gasteiger partial charge in [-0.05, 0) is 39.0 Å². The number of hydrogen-bond acceptors (Lipinski definition) is 8. The Morgan fingerprint density at radius 1 is 1.09 bits per heavy atom. The van der Waals surface area contributed by atoms with Crippen LogP contribution in [0.15, 0.2) is 25.3 Å². The molecule has 3 saturated heterocycles. The topological polar surface area (TPSA) is 89.5 Å². The summed E-state index contributed by atoms with van der Waals surface area (Å²) >= 11 is 0. The van der Waals surface area contributed by atoms with E-state index in [0.717, 1.165) is 25.9 Å². The van der Waals surface area contributed by atoms with Crippen molar-refractivity contribution < 1.29 is 38.0 Å². The molecule has 3 aliphatic rings. The normalized spacial score (nSPS) is 38.3. The molecule has 0 unspecified atom stereocenters. The molecule has 3 aliphatic heterocycles. The molecule has 8 nitrogen and oxygen atoms in total. The Hall–Kier alpha value is -1.74. The van der Waals surface area contributed by atoms with Gasteiger partial charge >= 0.3 is 11.9 Å². The molecule has 35 heavy (non-hydrogen) atoms. The summed E-state index contributed by atoms with van der Waals surface area (Å²) in [6.45, 7) is 15.4. The maximum atomic E-state index is 11.8. The van der Waals surface area contributed by atoms with Gasteiger partial charge in [-0.25, -0.2) is 0 Å². The smallest absolute Gasteiger partial charge is 0.302 e. The van der Waals surface area contributed by atoms with Crippen LogP contribution >= 0.6 is 0 Å². The minimum atomic E-state index is -0.699. The molecule has 0 aromatic heterocycles. The molecule has 0 bridgehead atoms. The van der Waals surface area contributed by atoms with Crippen LogP contribution in [0.4, 0.5) is 0 Å². The third kappa shape index (κ3) is 7.15. The van der Waals surface area contributed by atoms with E-state index in [1.54, 1.807) is 0 Å². The minimum Gasteiger partial charge on any atom is -0.463 e. The molecular formula is C27H42O8. The summed E-state index contributed by atoms with van der Waals surface area (Å²) in [5, 5.41) is 0. The Morgan fingerprint density at radius 2 is 1.86 bits per heavy atom. The fraction of sp³-hybridized carbons (Fsp3) is 0.778. The molecule has 0 spiro atoms. The quantitative estimate of drug-likeness (QED) is 0.352. The predicted octanol–water partition coefficient (Wildman–Crippen LogP) is 3.91. The first-order chi connectivity index (χ1) is 16.7. The second kappa shape index (κ2) is 12.5. The molecule has 0 aromatic rings. The van der Waals surface area contributed by atoms with Gasteiger partial charge in [0, 0.05) is 32.8 Å². The minimum absolute atomic E-state index is 0.0242. The van der Waals surface area contributed by atoms with E-state index in [9.17, 15) is 9.59 Å². The van der Waals surface area contributed by atoms with Crippen molar-refractivity contribution in [2.45, 2.75) is 115 Å². The van der Waals surface area contributed by atoms with Gasteiger partial charge < -0.3 is 28.4 Å². The van der Waals surface area contributed by atoms with Crippen molar-refractivity contribution in [1.82, 2.24) is 0 Å². The fourth-order valence-corrected chi connectivity index (χ4v) is 5.49. The van der Waals surface area contributed by atoms with Crippen LogP contribution in [-0.2, 0) is 38.0 Å². The van der Waals surface area contributed by atoms with Gasteiger partial charge in [0.25, 0.3) is 0 Å². The molecule has 0 radical (unpaired) electrons. The van der Waals surface area contributed by atoms with Crippen LogP contribution in [0.2, 0.25) is 0 Å². The van der Waals surface area contributed by atoms with E-state index in [4.69, 9.17) is 28.4 Å². The van der Waals surface area contributed by atoms with E-state index in [-0.39, 0.29) is 43.0 Å². The van der Waals surface area contributed by atoms with Crippen molar-refractivity contribution in [3.8, 4) is 0 Å². The van der Waals surface area contributed by atoms with Crippen molar-refractivity contribution in [2.75, 3.05) is 13.2 Å². The number of esters is 2. The van der Waals surface area contributed by atoms with Crippen molar-refractivity contribution in [2.24, 2.45) is 5.92 Å². The van der Waals surface area contributed by atoms with Crippen molar-refractivity contribution in [1.29, 1.82) is 0 Å². The van der Waals surface area contributed by atoms with Crippen LogP contribution in [0, 0.1) is 5.92 Å². The van der Waals surface area contributed by atoms with E-state index < -0.39 is 29.7 Å². The second-order valence-corrected chi connectivity index (χ2v) is 10.2. The maximum absolute atomic E-state index is 11.8. The maximum Gasteiger partial charge on any atom is 0.302 e. The number of rotatable bonds is 9. The summed E-state index contributed by atoms with van der Waals surface area (Å²) in [4.78, 5) is 23.2. The van der Waals surface area contributed by atoms with Crippen LogP contribution in [0.25, 0.3) is 0 Å². The average molecular weight is 495 g/mol. The van der Waals surface area contributed by atoms with Crippen molar-refractivity contribution in [3.05, 3.63) is 25.3 Å². The largest absolute Gasteiger partial charge is 0.463 e. The fourth-order valence-electron chi connectivity index (χ4n) is 5.49. The predicted molar refractivity (Wildman–Crippen MR) is 130 cm³/mol. The third-order valence-electron chi connectivity index (χ3n) is 7.31. The lowest BCUT2D eigenvalue weighted by molar-refractivity contribution is -0.255. The molecule has 198 valence electrons. The van der Waals surface area contributed by atoms with Crippen LogP contribution in [0.3, 0.4) is 0 Å². The summed E-state index contributed by atoms with van der Waals surface area (Å²) < 4.78 is 36.7. The van der Waals surface area contributed by atoms with E-state index in [0.29, 0.717) is 19.3 Å². The number of carbonyl (C=O) groups is 2. The van der Waals surface area contributed by atoms with Gasteiger partial charge in [0.15, 0.2) is 0 Å². The van der Waals surface area contributed by atoms with E-state index in [1.165, 1.54) is 13.8 Å². The lowest BCUT2D eigenvalue weighted by Gasteiger charge is -2.47. The van der Waals surface area contributed by atoms with Crippen molar-refractivity contribution >= 4 is 11.9 Å². The first kappa shape index (κ1) is 27.8. The Morgan fingerprint density at radius 3 is 2.51 bits per heavy atom. The summed E-state index contributed by atoms with van der Waals surface area (Å²) in [5.41, 5.74) is -0.699. The molecule has 0 N–H and O–H groups in total. The zero-order chi connectivity index (χ0) is 25.6. The van der Waals surface area contributed by atoms with Gasteiger partial charge in [-0.2, -0.15) is 0 Å². The number of fused-ring (bicyclic) bond motifs is 1. The molecule has 0 amide bonds. The van der Waals surface area contributed by atoms with Crippen LogP contribution < -0.4 is 0 Å². The SMILES string of the molecule is C=CC[C@@H]1O[C@]2(C)C[C@H](OC(C)=O)[C@@H](COC(C)=O)O[C@H]2CC[C@H]1O[C@H]1CCCO[C@@H]1[C@H](C)C=C. The number of carbonyl (C=O) groups excluding carboxylic acids is 2. The highest BCUT2D eigenvalue weighted by molar-refractivity contribution is 5.66. The summed E-state index contributed by atoms with van der Waals surface area (Å²) in [7, 11) is 0. The third-order valence-corrected chi connectivity index (χ3v) is 7.31. The molecule has 9 atom stereocenters. The van der Waals surface area contributed by atoms with Crippen molar-refractivity contribution in [3.63, 3.8) is 0 Å². The highest BCUT2D eigenvalue weighted by Crippen LogP contribution is 2.42. The standard InChI is InChI=1S/C27H42O8/c1-7-10-21-20(33-22-11-9-14-30-26(22)17(3)8-2)12-13-25-27(6,35-21)15-23(32-19(5)29)24(34-25)16-31-18(4)28/h7-8,17,20-26H,1-2,9-16H2,3-6H3/t17-,20-,21+,22+,23+,24-,25+,26-,27-/m1/s1. The van der Waals surface area contributed by atoms with Gasteiger partial charge in [0.1, 0.15) is 18.8 Å². The van der Waals surface area contributed by atoms with Crippen LogP contribution in [0.1, 0.15) is 66.2 Å². The molecule has 0 aromatic carbocycles. The Bertz CT molecular complexity index is 753. The Kier molecular flexibility index (Phi) is 9.93. The van der Waals surface area contributed by atoms with E-state index >= 15 is 0 Å². The van der Waals surface area contributed by atoms with E-state index in [1.807, 2.05) is 19.1 Å². The van der Waals surface area contributed by atoms with Gasteiger partial charge in [-0.3, -0.25) is 9.59 Å². The summed E-state index contributed by atoms with van der Waals surface area (Å²) in [6, 6.07) is 0. The van der Waals surface area contributed by atoms with Gasteiger partial charge in [0.2, 0.25) is 0 Å². The molecule has 0 saturated carbocycles. The lowest BCUT2D eigenvalue weighted by Crippen LogP contribution is -2.58. The highest BCUT2D eigenvalue weighted by atomic mass is 16.6. The first-order valence-corrected chi connectivity index (χ1v) is 12.8. The lowest BCUT2D eigenvalue weighted by atomic mass is 9.84. The average Bonchev–Trinajstić information content (AvgIpc) is 2.93. The van der Waals surface area contributed by atoms with Gasteiger partial charge in [-0.15, -0.1) is 13.2 Å².